The lowest BCUT2D eigenvalue weighted by Crippen LogP contribution is -2.21. The van der Waals surface area contributed by atoms with Crippen molar-refractivity contribution in [2.75, 3.05) is 23.9 Å². The number of nitrogens with zero attached hydrogens (tertiary/aromatic N) is 8. The molecule has 1 aliphatic rings. The first-order valence-electron chi connectivity index (χ1n) is 43.3. The predicted molar refractivity (Wildman–Crippen MR) is 529 cm³/mol. The van der Waals surface area contributed by atoms with E-state index < -0.39 is 35.6 Å². The number of nitrogens with two attached hydrogens (primary N) is 2. The molecule has 0 saturated carbocycles. The van der Waals surface area contributed by atoms with Crippen molar-refractivity contribution in [2.24, 2.45) is 0 Å². The quantitative estimate of drug-likeness (QED) is 0.0188. The maximum absolute atomic E-state index is 12.6. The van der Waals surface area contributed by atoms with Gasteiger partial charge in [-0.2, -0.15) is 0 Å². The van der Waals surface area contributed by atoms with Gasteiger partial charge in [-0.1, -0.05) is 251 Å². The van der Waals surface area contributed by atoms with Crippen molar-refractivity contribution < 1.29 is 64.2 Å². The number of aromatic nitrogens is 10. The van der Waals surface area contributed by atoms with Crippen LogP contribution in [0.4, 0.5) is 27.1 Å². The Morgan fingerprint density at radius 3 is 1.26 bits per heavy atom. The number of ether oxygens (including phenoxy) is 3. The molecule has 7 heterocycles. The number of amides is 1. The second-order valence-electron chi connectivity index (χ2n) is 30.0. The highest BCUT2D eigenvalue weighted by Crippen LogP contribution is 2.42. The number of halogens is 1. The van der Waals surface area contributed by atoms with Crippen LogP contribution < -0.4 is 31.0 Å². The summed E-state index contributed by atoms with van der Waals surface area (Å²) in [6.07, 6.45) is 14.5. The van der Waals surface area contributed by atoms with Gasteiger partial charge in [0.1, 0.15) is 77.4 Å². The van der Waals surface area contributed by atoms with Crippen LogP contribution in [-0.2, 0) is 24.6 Å². The number of imidazole rings is 3. The number of carbonyl (C=O) groups is 5. The third kappa shape index (κ3) is 24.0. The van der Waals surface area contributed by atoms with Crippen molar-refractivity contribution in [3.63, 3.8) is 0 Å². The minimum Gasteiger partial charge on any atom is -0.507 e. The fourth-order valence-corrected chi connectivity index (χ4v) is 14.2. The van der Waals surface area contributed by atoms with Crippen molar-refractivity contribution in [1.82, 2.24) is 49.8 Å². The summed E-state index contributed by atoms with van der Waals surface area (Å²) >= 11 is 0. The van der Waals surface area contributed by atoms with E-state index in [-0.39, 0.29) is 34.3 Å². The van der Waals surface area contributed by atoms with E-state index in [1.807, 2.05) is 219 Å². The van der Waals surface area contributed by atoms with Crippen LogP contribution in [0, 0.1) is 10.1 Å². The number of fused-ring (bicyclic) bond motifs is 11. The van der Waals surface area contributed by atoms with Crippen molar-refractivity contribution >= 4 is 117 Å². The lowest BCUT2D eigenvalue weighted by atomic mass is 9.90. The average Bonchev–Trinajstić information content (AvgIpc) is 1.68. The Hall–Kier alpha value is -18.5. The zero-order valence-electron chi connectivity index (χ0n) is 74.7. The maximum atomic E-state index is 12.6. The largest absolute Gasteiger partial charge is 0.507 e. The Bertz CT molecular complexity index is 7520. The van der Waals surface area contributed by atoms with Gasteiger partial charge in [-0.15, -0.1) is 0 Å². The number of Topliss-reactive ketones (excluding diaryl/α,β-unsaturated/α-hetero) is 2. The first-order chi connectivity index (χ1) is 66.7. The van der Waals surface area contributed by atoms with Gasteiger partial charge in [0, 0.05) is 151 Å². The molecule has 20 aromatic rings. The van der Waals surface area contributed by atoms with E-state index >= 15 is 0 Å². The maximum Gasteiger partial charge on any atom is 0.337 e. The Balaban J connectivity index is 0.000000138. The van der Waals surface area contributed by atoms with E-state index in [0.29, 0.717) is 76.3 Å². The first kappa shape index (κ1) is 93.7. The van der Waals surface area contributed by atoms with Crippen LogP contribution in [-0.4, -0.2) is 107 Å². The number of aromatic amines is 3. The molecule has 11 N–H and O–H groups in total. The molecular weight excluding hydrogens is 1720 g/mol. The number of nitro groups is 1. The van der Waals surface area contributed by atoms with Gasteiger partial charge in [0.15, 0.2) is 0 Å². The number of aromatic hydroxyl groups is 1. The van der Waals surface area contributed by atoms with E-state index in [9.17, 15) is 38.8 Å². The number of aliphatic carboxylic acids is 1. The number of hydrogen-bond acceptors (Lipinski definition) is 20. The molecule has 21 rings (SSSR count). The summed E-state index contributed by atoms with van der Waals surface area (Å²) in [6.45, 7) is 6.64. The molecule has 678 valence electrons. The van der Waals surface area contributed by atoms with Crippen LogP contribution in [0.15, 0.2) is 365 Å². The van der Waals surface area contributed by atoms with Gasteiger partial charge in [0.25, 0.3) is 23.3 Å². The number of benzene rings is 13. The third-order valence-electron chi connectivity index (χ3n) is 20.4. The van der Waals surface area contributed by atoms with Gasteiger partial charge in [0.05, 0.1) is 58.5 Å². The zero-order chi connectivity index (χ0) is 96.5. The van der Waals surface area contributed by atoms with Gasteiger partial charge < -0.3 is 61.3 Å². The standard InChI is InChI=1S/C24H20N2O2.C23H17N3O.C17H14N2O3.C16H9N3O2.C16H11N3O.C6H5NO2.C3H8.C2H4O2.CH3F/c25-21-15-22(28-16-17-9-3-1-4-10-17)19-13-7-8-14-20(19)23(21)26-24(27)18-11-5-2-6-12-18;1-2-7-16(8-3-1)15-27-21-13-20-22(19-11-5-4-10-18(19)21)26-23(25-20)17-9-6-12-24-14-17;18-17-14-9-5-4-8-13(14)16(10-15(17)19(20)21)22-11-12-6-2-1-3-7-12;20-14-11-6-2-1-5-10(11)12-13(15(14)21)19-16(18-12)9-4-3-7-17-8-9;20-14-8-13-15(12-6-2-1-5-11(12)14)19-16(18-13)10-4-3-7-17-9-10;8-6(9)5-2-1-3-7-4-5;1-3-2;1-2(3)4;1-2/h1-15H,16,25H2,(H,26,27);1-14H,15H2,(H,25,26);1-10H,11,18H2;1-8H,(H,18,19);1-9,20H,(H,18,19);1-4H,(H,8,9);3H2,1-2H3;1H3,(H,3,4);1H3/i;;;;;;;;1D. The van der Waals surface area contributed by atoms with Gasteiger partial charge in [-0.25, -0.2) is 19.7 Å². The molecular formula is C108H91FN14O13. The number of aromatic carboxylic acids is 1. The third-order valence-corrected chi connectivity index (χ3v) is 20.4. The summed E-state index contributed by atoms with van der Waals surface area (Å²) in [4.78, 5) is 106. The van der Waals surface area contributed by atoms with E-state index in [4.69, 9.17) is 47.0 Å². The number of anilines is 3. The molecule has 136 heavy (non-hydrogen) atoms. The van der Waals surface area contributed by atoms with Crippen LogP contribution in [0.1, 0.15) is 86.8 Å². The highest BCUT2D eigenvalue weighted by atomic mass is 19.1. The monoisotopic (exact) mass is 1810 g/mol. The molecule has 0 spiro atoms. The van der Waals surface area contributed by atoms with Crippen molar-refractivity contribution in [3.05, 3.63) is 414 Å². The molecule has 27 nitrogen and oxygen atoms in total. The first-order valence-corrected chi connectivity index (χ1v) is 42.6. The SMILES string of the molecule is CC(=O)O.CCC.Nc1c([N+](=O)[O-])cc(OCc2ccccc2)c2ccccc12.Nc1cc(OCc2ccccc2)c2ccccc2c1NC(=O)c1ccccc1.O=C(O)c1cccnc1.O=C1C(=O)c2[nH]c(-c3cccnc3)nc2-c2ccccc21.Oc1cc2[nH]c(-c3cccnc3)nc2c2ccccc12.[2H]CF.c1ccc(COc2cc3[nH]c(-c4cccnc4)nc3c3ccccc23)cc1. The summed E-state index contributed by atoms with van der Waals surface area (Å²) in [5.74, 6) is 1.33. The summed E-state index contributed by atoms with van der Waals surface area (Å²) in [6, 6.07) is 98.2. The van der Waals surface area contributed by atoms with E-state index in [0.717, 1.165) is 117 Å². The molecule has 0 atom stereocenters. The molecule has 0 unspecified atom stereocenters. The Morgan fingerprint density at radius 2 is 0.816 bits per heavy atom. The molecule has 0 aliphatic heterocycles. The van der Waals surface area contributed by atoms with Crippen molar-refractivity contribution in [1.29, 1.82) is 0 Å². The number of phenolic OH excluding ortho intramolecular Hbond substituents is 1. The van der Waals surface area contributed by atoms with E-state index in [1.54, 1.807) is 97.7 Å². The molecule has 1 amide bonds. The topological polar surface area (TPSA) is 419 Å². The van der Waals surface area contributed by atoms with Gasteiger partial charge >= 0.3 is 5.97 Å². The minimum atomic E-state index is -1.00. The highest BCUT2D eigenvalue weighted by Gasteiger charge is 2.34. The van der Waals surface area contributed by atoms with E-state index in [2.05, 4.69) is 88.3 Å². The highest BCUT2D eigenvalue weighted by molar-refractivity contribution is 6.52. The fourth-order valence-electron chi connectivity index (χ4n) is 14.2. The number of rotatable bonds is 16. The van der Waals surface area contributed by atoms with Crippen LogP contribution in [0.3, 0.4) is 0 Å². The number of pyridine rings is 4. The number of H-pyrrole nitrogens is 3. The summed E-state index contributed by atoms with van der Waals surface area (Å²) in [5, 5.41) is 47.0. The molecule has 1 aliphatic carbocycles. The Labute approximate surface area is 780 Å². The molecule has 7 aromatic heterocycles. The lowest BCUT2D eigenvalue weighted by molar-refractivity contribution is -0.383. The second kappa shape index (κ2) is 46.7. The van der Waals surface area contributed by atoms with Crippen LogP contribution in [0.2, 0.25) is 0 Å². The second-order valence-corrected chi connectivity index (χ2v) is 30.0. The molecule has 0 fully saturated rings. The van der Waals surface area contributed by atoms with Crippen LogP contribution in [0.25, 0.3) is 111 Å². The number of carboxylic acid groups (broad SMARTS) is 2. The number of carbonyl (C=O) groups excluding carboxylic acids is 3. The smallest absolute Gasteiger partial charge is 0.337 e. The molecule has 0 bridgehead atoms. The number of carboxylic acids is 2. The number of nitrogens with one attached hydrogen (secondary N) is 4. The Kier molecular flexibility index (Phi) is 32.2. The molecule has 0 saturated heterocycles. The summed E-state index contributed by atoms with van der Waals surface area (Å²) in [7, 11) is -1.00. The number of phenols is 1. The molecule has 13 aromatic carbocycles. The summed E-state index contributed by atoms with van der Waals surface area (Å²) in [5.41, 5.74) is 25.4. The van der Waals surface area contributed by atoms with Crippen molar-refractivity contribution in [2.45, 2.75) is 47.0 Å². The number of ketones is 2. The molecule has 28 heteroatoms. The Morgan fingerprint density at radius 1 is 0.449 bits per heavy atom. The number of nitrogen functional groups attached to an aromatic ring is 2. The van der Waals surface area contributed by atoms with Gasteiger partial charge in [-0.3, -0.25) is 53.6 Å². The number of hydrogen-bond donors (Lipinski definition) is 9. The fraction of sp³-hybridized carbons (Fsp3) is 0.0741. The summed E-state index contributed by atoms with van der Waals surface area (Å²) < 4.78 is 33.5. The van der Waals surface area contributed by atoms with Crippen LogP contribution in [0.5, 0.6) is 23.0 Å². The van der Waals surface area contributed by atoms with Crippen LogP contribution >= 0.6 is 0 Å². The van der Waals surface area contributed by atoms with Gasteiger partial charge in [-0.05, 0) is 77.4 Å². The average molecular weight is 1810 g/mol. The predicted octanol–water partition coefficient (Wildman–Crippen LogP) is 23.4. The minimum absolute atomic E-state index is 0.137. The van der Waals surface area contributed by atoms with Crippen molar-refractivity contribution in [3.8, 4) is 68.4 Å². The number of nitro benzene ring substituents is 1. The zero-order valence-corrected chi connectivity index (χ0v) is 73.7. The normalized spacial score (nSPS) is 10.8. The van der Waals surface area contributed by atoms with Gasteiger partial charge in [0.2, 0.25) is 5.78 Å². The van der Waals surface area contributed by atoms with E-state index in [1.165, 1.54) is 30.9 Å². The molecule has 0 radical (unpaired) electrons. The lowest BCUT2D eigenvalue weighted by Gasteiger charge is -2.16. The number of alkyl halides is 1.